The Morgan fingerprint density at radius 1 is 1.07 bits per heavy atom. The Bertz CT molecular complexity index is 924. The average Bonchev–Trinajstić information content (AvgIpc) is 2.92. The van der Waals surface area contributed by atoms with Gasteiger partial charge in [0.05, 0.1) is 4.91 Å². The van der Waals surface area contributed by atoms with Crippen LogP contribution >= 0.6 is 11.8 Å². The summed E-state index contributed by atoms with van der Waals surface area (Å²) in [6.07, 6.45) is 5.05. The summed E-state index contributed by atoms with van der Waals surface area (Å²) in [4.78, 5) is 37.6. The maximum atomic E-state index is 12.9. The molecule has 3 rings (SSSR count). The van der Waals surface area contributed by atoms with E-state index in [-0.39, 0.29) is 4.91 Å². The van der Waals surface area contributed by atoms with E-state index in [1.807, 2.05) is 36.4 Å². The molecule has 1 aliphatic rings. The molecule has 27 heavy (non-hydrogen) atoms. The van der Waals surface area contributed by atoms with Crippen molar-refractivity contribution in [2.24, 2.45) is 0 Å². The van der Waals surface area contributed by atoms with Crippen LogP contribution in [0.5, 0.6) is 0 Å². The van der Waals surface area contributed by atoms with Crippen LogP contribution in [0.4, 0.5) is 14.9 Å². The molecule has 2 aromatic carbocycles. The number of hydrogen-bond acceptors (Lipinski definition) is 4. The average molecular weight is 382 g/mol. The number of halogens is 1. The second-order valence-electron chi connectivity index (χ2n) is 5.62. The summed E-state index contributed by atoms with van der Waals surface area (Å²) in [5.74, 6) is -1.48. The maximum absolute atomic E-state index is 12.9. The molecule has 2 aromatic rings. The van der Waals surface area contributed by atoms with Crippen LogP contribution in [-0.4, -0.2) is 28.5 Å². The predicted molar refractivity (Wildman–Crippen MR) is 103 cm³/mol. The molecule has 0 spiro atoms. The van der Waals surface area contributed by atoms with Gasteiger partial charge in [0.1, 0.15) is 12.4 Å². The first kappa shape index (κ1) is 18.6. The van der Waals surface area contributed by atoms with E-state index in [0.29, 0.717) is 5.69 Å². The summed E-state index contributed by atoms with van der Waals surface area (Å²) in [5.41, 5.74) is 1.35. The van der Waals surface area contributed by atoms with E-state index >= 15 is 0 Å². The van der Waals surface area contributed by atoms with Crippen LogP contribution in [0.1, 0.15) is 5.56 Å². The van der Waals surface area contributed by atoms with Gasteiger partial charge in [-0.3, -0.25) is 19.3 Å². The molecule has 1 saturated heterocycles. The molecular formula is C20H15FN2O3S. The third kappa shape index (κ3) is 4.92. The number of nitrogens with one attached hydrogen (secondary N) is 1. The van der Waals surface area contributed by atoms with Gasteiger partial charge in [0.15, 0.2) is 0 Å². The lowest BCUT2D eigenvalue weighted by atomic mass is 10.2. The molecule has 7 heteroatoms. The fourth-order valence-electron chi connectivity index (χ4n) is 2.34. The number of anilines is 1. The SMILES string of the molecule is O=C(CN1C(=O)S/C(=C/C=C\c2ccccc2)C1=O)Nc1ccc(F)cc1. The topological polar surface area (TPSA) is 66.5 Å². The van der Waals surface area contributed by atoms with Crippen LogP contribution in [0, 0.1) is 5.82 Å². The number of thioether (sulfide) groups is 1. The van der Waals surface area contributed by atoms with E-state index in [9.17, 15) is 18.8 Å². The zero-order chi connectivity index (χ0) is 19.2. The normalized spacial score (nSPS) is 15.7. The highest BCUT2D eigenvalue weighted by atomic mass is 32.2. The number of carbonyl (C=O) groups excluding carboxylic acids is 3. The Labute approximate surface area is 159 Å². The van der Waals surface area contributed by atoms with Gasteiger partial charge in [-0.25, -0.2) is 4.39 Å². The Hall–Kier alpha value is -3.19. The molecule has 1 fully saturated rings. The second-order valence-corrected chi connectivity index (χ2v) is 6.61. The molecule has 0 radical (unpaired) electrons. The van der Waals surface area contributed by atoms with Gasteiger partial charge in [0.25, 0.3) is 11.1 Å². The number of amides is 3. The summed E-state index contributed by atoms with van der Waals surface area (Å²) in [5, 5.41) is 2.02. The molecule has 1 heterocycles. The minimum atomic E-state index is -0.537. The minimum Gasteiger partial charge on any atom is -0.325 e. The van der Waals surface area contributed by atoms with Gasteiger partial charge < -0.3 is 5.32 Å². The van der Waals surface area contributed by atoms with Gasteiger partial charge in [0, 0.05) is 5.69 Å². The largest absolute Gasteiger partial charge is 0.325 e. The van der Waals surface area contributed by atoms with Crippen molar-refractivity contribution in [1.29, 1.82) is 0 Å². The lowest BCUT2D eigenvalue weighted by molar-refractivity contribution is -0.127. The van der Waals surface area contributed by atoms with Crippen molar-refractivity contribution < 1.29 is 18.8 Å². The number of allylic oxidation sites excluding steroid dienone is 2. The van der Waals surface area contributed by atoms with Crippen LogP contribution in [-0.2, 0) is 9.59 Å². The van der Waals surface area contributed by atoms with Crippen molar-refractivity contribution in [2.75, 3.05) is 11.9 Å². The van der Waals surface area contributed by atoms with Crippen LogP contribution in [0.3, 0.4) is 0 Å². The van der Waals surface area contributed by atoms with Crippen molar-refractivity contribution >= 4 is 40.6 Å². The second kappa shape index (κ2) is 8.46. The highest BCUT2D eigenvalue weighted by molar-refractivity contribution is 8.18. The van der Waals surface area contributed by atoms with E-state index in [1.165, 1.54) is 24.3 Å². The van der Waals surface area contributed by atoms with E-state index in [0.717, 1.165) is 22.2 Å². The summed E-state index contributed by atoms with van der Waals surface area (Å²) in [7, 11) is 0. The van der Waals surface area contributed by atoms with Crippen molar-refractivity contribution in [1.82, 2.24) is 4.90 Å². The molecular weight excluding hydrogens is 367 g/mol. The van der Waals surface area contributed by atoms with Crippen molar-refractivity contribution in [2.45, 2.75) is 0 Å². The highest BCUT2D eigenvalue weighted by Crippen LogP contribution is 2.30. The Morgan fingerprint density at radius 2 is 1.78 bits per heavy atom. The van der Waals surface area contributed by atoms with Crippen molar-refractivity contribution in [3.8, 4) is 0 Å². The number of rotatable bonds is 5. The molecule has 136 valence electrons. The first-order valence-corrected chi connectivity index (χ1v) is 8.87. The van der Waals surface area contributed by atoms with Crippen molar-refractivity contribution in [3.63, 3.8) is 0 Å². The van der Waals surface area contributed by atoms with Gasteiger partial charge >= 0.3 is 0 Å². The first-order chi connectivity index (χ1) is 13.0. The lowest BCUT2D eigenvalue weighted by Gasteiger charge is -2.12. The van der Waals surface area contributed by atoms with Gasteiger partial charge in [0.2, 0.25) is 5.91 Å². The van der Waals surface area contributed by atoms with Gasteiger partial charge in [-0.05, 0) is 47.7 Å². The molecule has 5 nitrogen and oxygen atoms in total. The third-order valence-corrected chi connectivity index (χ3v) is 4.56. The van der Waals surface area contributed by atoms with E-state index in [1.54, 1.807) is 12.2 Å². The number of imide groups is 1. The maximum Gasteiger partial charge on any atom is 0.294 e. The van der Waals surface area contributed by atoms with Crippen LogP contribution in [0.2, 0.25) is 0 Å². The zero-order valence-electron chi connectivity index (χ0n) is 14.1. The quantitative estimate of drug-likeness (QED) is 0.792. The van der Waals surface area contributed by atoms with Crippen LogP contribution in [0.15, 0.2) is 71.7 Å². The van der Waals surface area contributed by atoms with Gasteiger partial charge in [-0.15, -0.1) is 0 Å². The predicted octanol–water partition coefficient (Wildman–Crippen LogP) is 4.06. The molecule has 0 aromatic heterocycles. The molecule has 0 saturated carbocycles. The molecule has 3 amide bonds. The fraction of sp³-hybridized carbons (Fsp3) is 0.0500. The molecule has 0 unspecified atom stereocenters. The van der Waals surface area contributed by atoms with Crippen molar-refractivity contribution in [3.05, 3.63) is 83.0 Å². The Kier molecular flexibility index (Phi) is 5.83. The van der Waals surface area contributed by atoms with Gasteiger partial charge in [-0.1, -0.05) is 42.5 Å². The van der Waals surface area contributed by atoms with Crippen LogP contribution < -0.4 is 5.32 Å². The lowest BCUT2D eigenvalue weighted by Crippen LogP contribution is -2.36. The summed E-state index contributed by atoms with van der Waals surface area (Å²) in [6, 6.07) is 14.7. The van der Waals surface area contributed by atoms with E-state index in [4.69, 9.17) is 0 Å². The molecule has 0 aliphatic carbocycles. The zero-order valence-corrected chi connectivity index (χ0v) is 14.9. The highest BCUT2D eigenvalue weighted by Gasteiger charge is 2.35. The first-order valence-electron chi connectivity index (χ1n) is 8.05. The summed E-state index contributed by atoms with van der Waals surface area (Å²) >= 11 is 0.785. The Balaban J connectivity index is 1.61. The number of carbonyl (C=O) groups is 3. The van der Waals surface area contributed by atoms with Gasteiger partial charge in [-0.2, -0.15) is 0 Å². The molecule has 1 aliphatic heterocycles. The monoisotopic (exact) mass is 382 g/mol. The fourth-order valence-corrected chi connectivity index (χ4v) is 3.13. The Morgan fingerprint density at radius 3 is 2.48 bits per heavy atom. The summed E-state index contributed by atoms with van der Waals surface area (Å²) in [6.45, 7) is -0.401. The van der Waals surface area contributed by atoms with E-state index < -0.39 is 29.4 Å². The standard InChI is InChI=1S/C20H15FN2O3S/c21-15-9-11-16(12-10-15)22-18(24)13-23-19(25)17(27-20(23)26)8-4-7-14-5-2-1-3-6-14/h1-12H,13H2,(H,22,24)/b7-4-,17-8+. The number of nitrogens with zero attached hydrogens (tertiary/aromatic N) is 1. The molecule has 0 bridgehead atoms. The number of hydrogen-bond donors (Lipinski definition) is 1. The molecule has 1 N–H and O–H groups in total. The minimum absolute atomic E-state index is 0.252. The smallest absolute Gasteiger partial charge is 0.294 e. The van der Waals surface area contributed by atoms with E-state index in [2.05, 4.69) is 5.32 Å². The van der Waals surface area contributed by atoms with Crippen LogP contribution in [0.25, 0.3) is 6.08 Å². The summed E-state index contributed by atoms with van der Waals surface area (Å²) < 4.78 is 12.9. The number of benzene rings is 2. The molecule has 0 atom stereocenters. The third-order valence-electron chi connectivity index (χ3n) is 3.64.